The van der Waals surface area contributed by atoms with Gasteiger partial charge in [-0.3, -0.25) is 14.5 Å². The van der Waals surface area contributed by atoms with E-state index in [0.717, 1.165) is 0 Å². The maximum atomic E-state index is 12.0. The molecule has 8 heteroatoms. The summed E-state index contributed by atoms with van der Waals surface area (Å²) in [6.07, 6.45) is 1.43. The number of Topliss-reactive ketones (excluding diaryl/α,β-unsaturated/α-hetero) is 2. The van der Waals surface area contributed by atoms with Crippen molar-refractivity contribution in [2.45, 2.75) is 89.7 Å². The van der Waals surface area contributed by atoms with Crippen LogP contribution in [-0.4, -0.2) is 58.1 Å². The average molecular weight is 416 g/mol. The molecule has 0 aliphatic carbocycles. The molecule has 0 spiro atoms. The molecule has 1 aliphatic rings. The quantitative estimate of drug-likeness (QED) is 0.433. The third-order valence-corrected chi connectivity index (χ3v) is 5.32. The summed E-state index contributed by atoms with van der Waals surface area (Å²) in [5, 5.41) is 0. The summed E-state index contributed by atoms with van der Waals surface area (Å²) < 4.78 is 10.8. The van der Waals surface area contributed by atoms with Crippen molar-refractivity contribution in [2.24, 2.45) is 0 Å². The summed E-state index contributed by atoms with van der Waals surface area (Å²) >= 11 is 4.78. The van der Waals surface area contributed by atoms with Crippen molar-refractivity contribution in [1.29, 1.82) is 0 Å². The van der Waals surface area contributed by atoms with Gasteiger partial charge in [-0.05, 0) is 34.6 Å². The number of ketones is 2. The maximum Gasteiger partial charge on any atom is 0.306 e. The van der Waals surface area contributed by atoms with Crippen LogP contribution in [0.25, 0.3) is 0 Å². The summed E-state index contributed by atoms with van der Waals surface area (Å²) in [4.78, 5) is 47.2. The van der Waals surface area contributed by atoms with E-state index in [1.54, 1.807) is 0 Å². The summed E-state index contributed by atoms with van der Waals surface area (Å²) in [6.45, 7) is 9.61. The molecule has 0 N–H and O–H groups in total. The van der Waals surface area contributed by atoms with E-state index in [9.17, 15) is 19.2 Å². The first-order chi connectivity index (χ1) is 12.8. The standard InChI is InChI=1S/C20H33NO6S/c1-14(22)6-8-17(24)26-11-10-21-19(3,4)12-16(13-20(21,5)28)27-18(25)9-7-15(2)23/h16,28H,6-13H2,1-5H3. The van der Waals surface area contributed by atoms with Crippen molar-refractivity contribution in [3.8, 4) is 0 Å². The molecule has 1 saturated heterocycles. The molecule has 0 amide bonds. The molecule has 7 nitrogen and oxygen atoms in total. The van der Waals surface area contributed by atoms with Crippen molar-refractivity contribution in [1.82, 2.24) is 4.90 Å². The highest BCUT2D eigenvalue weighted by Crippen LogP contribution is 2.41. The van der Waals surface area contributed by atoms with Gasteiger partial charge < -0.3 is 19.1 Å². The van der Waals surface area contributed by atoms with Gasteiger partial charge in [0.1, 0.15) is 24.3 Å². The Morgan fingerprint density at radius 1 is 0.929 bits per heavy atom. The lowest BCUT2D eigenvalue weighted by Gasteiger charge is -2.54. The second kappa shape index (κ2) is 10.4. The van der Waals surface area contributed by atoms with E-state index in [1.807, 2.05) is 20.8 Å². The lowest BCUT2D eigenvalue weighted by Crippen LogP contribution is -2.62. The van der Waals surface area contributed by atoms with E-state index in [1.165, 1.54) is 13.8 Å². The largest absolute Gasteiger partial charge is 0.464 e. The fourth-order valence-corrected chi connectivity index (χ4v) is 4.26. The molecule has 0 aromatic rings. The smallest absolute Gasteiger partial charge is 0.306 e. The number of carbonyl (C=O) groups excluding carboxylic acids is 4. The maximum absolute atomic E-state index is 12.0. The lowest BCUT2D eigenvalue weighted by atomic mass is 9.84. The Morgan fingerprint density at radius 2 is 1.46 bits per heavy atom. The highest BCUT2D eigenvalue weighted by atomic mass is 32.1. The van der Waals surface area contributed by atoms with E-state index in [-0.39, 0.29) is 67.4 Å². The van der Waals surface area contributed by atoms with Gasteiger partial charge in [-0.15, -0.1) is 0 Å². The number of nitrogens with zero attached hydrogens (tertiary/aromatic N) is 1. The van der Waals surface area contributed by atoms with Crippen molar-refractivity contribution >= 4 is 36.1 Å². The van der Waals surface area contributed by atoms with Crippen LogP contribution in [0.15, 0.2) is 0 Å². The van der Waals surface area contributed by atoms with E-state index in [2.05, 4.69) is 4.90 Å². The van der Waals surface area contributed by atoms with Crippen LogP contribution in [-0.2, 0) is 28.7 Å². The van der Waals surface area contributed by atoms with Crippen LogP contribution in [0.3, 0.4) is 0 Å². The van der Waals surface area contributed by atoms with Crippen molar-refractivity contribution in [3.05, 3.63) is 0 Å². The normalized spacial score (nSPS) is 24.4. The van der Waals surface area contributed by atoms with Gasteiger partial charge in [-0.25, -0.2) is 0 Å². The molecule has 0 saturated carbocycles. The molecule has 2 atom stereocenters. The molecule has 28 heavy (non-hydrogen) atoms. The number of piperidine rings is 1. The summed E-state index contributed by atoms with van der Waals surface area (Å²) in [6, 6.07) is 0. The Hall–Kier alpha value is -1.41. The second-order valence-corrected chi connectivity index (χ2v) is 9.29. The summed E-state index contributed by atoms with van der Waals surface area (Å²) in [5.41, 5.74) is -0.327. The zero-order valence-corrected chi connectivity index (χ0v) is 18.5. The van der Waals surface area contributed by atoms with Gasteiger partial charge in [0, 0.05) is 37.8 Å². The number of carbonyl (C=O) groups is 4. The van der Waals surface area contributed by atoms with Gasteiger partial charge in [0.25, 0.3) is 0 Å². The lowest BCUT2D eigenvalue weighted by molar-refractivity contribution is -0.159. The summed E-state index contributed by atoms with van der Waals surface area (Å²) in [7, 11) is 0. The molecular weight excluding hydrogens is 382 g/mol. The number of thiol groups is 1. The number of rotatable bonds is 10. The predicted octanol–water partition coefficient (Wildman–Crippen LogP) is 2.70. The van der Waals surface area contributed by atoms with E-state index >= 15 is 0 Å². The van der Waals surface area contributed by atoms with Gasteiger partial charge >= 0.3 is 11.9 Å². The third-order valence-electron chi connectivity index (χ3n) is 4.89. The molecular formula is C20H33NO6S. The number of hydrogen-bond acceptors (Lipinski definition) is 8. The van der Waals surface area contributed by atoms with Crippen molar-refractivity contribution < 1.29 is 28.7 Å². The molecule has 160 valence electrons. The first-order valence-corrected chi connectivity index (χ1v) is 10.1. The third kappa shape index (κ3) is 8.31. The minimum atomic E-state index is -0.556. The minimum Gasteiger partial charge on any atom is -0.464 e. The molecule has 1 fully saturated rings. The van der Waals surface area contributed by atoms with E-state index in [4.69, 9.17) is 22.1 Å². The highest BCUT2D eigenvalue weighted by Gasteiger charge is 2.47. The van der Waals surface area contributed by atoms with E-state index in [0.29, 0.717) is 19.4 Å². The summed E-state index contributed by atoms with van der Waals surface area (Å²) in [5.74, 6) is -0.832. The minimum absolute atomic E-state index is 0.0380. The Bertz CT molecular complexity index is 584. The van der Waals surface area contributed by atoms with Gasteiger partial charge in [0.05, 0.1) is 17.7 Å². The number of ether oxygens (including phenoxy) is 2. The number of hydrogen-bond donors (Lipinski definition) is 1. The Morgan fingerprint density at radius 3 is 1.96 bits per heavy atom. The first-order valence-electron chi connectivity index (χ1n) is 9.67. The Balaban J connectivity index is 2.59. The van der Waals surface area contributed by atoms with Gasteiger partial charge in [-0.1, -0.05) is 0 Å². The highest BCUT2D eigenvalue weighted by molar-refractivity contribution is 7.81. The van der Waals surface area contributed by atoms with Crippen LogP contribution < -0.4 is 0 Å². The van der Waals surface area contributed by atoms with Crippen LogP contribution in [0.4, 0.5) is 0 Å². The molecule has 2 unspecified atom stereocenters. The average Bonchev–Trinajstić information content (AvgIpc) is 2.52. The van der Waals surface area contributed by atoms with Gasteiger partial charge in [-0.2, -0.15) is 12.6 Å². The van der Waals surface area contributed by atoms with Crippen molar-refractivity contribution in [2.75, 3.05) is 13.2 Å². The number of esters is 2. The topological polar surface area (TPSA) is 90.0 Å². The van der Waals surface area contributed by atoms with Crippen LogP contribution in [0, 0.1) is 0 Å². The fourth-order valence-electron chi connectivity index (χ4n) is 3.68. The molecule has 0 aromatic carbocycles. The van der Waals surface area contributed by atoms with Crippen LogP contribution in [0.1, 0.15) is 73.1 Å². The molecule has 0 aromatic heterocycles. The van der Waals surface area contributed by atoms with Crippen LogP contribution in [0.5, 0.6) is 0 Å². The van der Waals surface area contributed by atoms with Crippen LogP contribution in [0.2, 0.25) is 0 Å². The predicted molar refractivity (Wildman–Crippen MR) is 108 cm³/mol. The zero-order chi connectivity index (χ0) is 21.5. The Labute approximate surface area is 172 Å². The SMILES string of the molecule is CC(=O)CCC(=O)OCCN1C(C)(C)CC(OC(=O)CCC(C)=O)CC1(C)S. The molecule has 0 radical (unpaired) electrons. The van der Waals surface area contributed by atoms with Gasteiger partial charge in [0.2, 0.25) is 0 Å². The Kier molecular flexibility index (Phi) is 9.14. The molecule has 1 rings (SSSR count). The molecule has 1 aliphatic heterocycles. The fraction of sp³-hybridized carbons (Fsp3) is 0.800. The van der Waals surface area contributed by atoms with Crippen molar-refractivity contribution in [3.63, 3.8) is 0 Å². The van der Waals surface area contributed by atoms with Crippen LogP contribution >= 0.6 is 12.6 Å². The monoisotopic (exact) mass is 415 g/mol. The van der Waals surface area contributed by atoms with Gasteiger partial charge in [0.15, 0.2) is 0 Å². The molecule has 1 heterocycles. The van der Waals surface area contributed by atoms with E-state index < -0.39 is 4.87 Å². The molecule has 0 bridgehead atoms. The number of likely N-dealkylation sites (tertiary alicyclic amines) is 1. The first kappa shape index (κ1) is 24.6. The zero-order valence-electron chi connectivity index (χ0n) is 17.6. The second-order valence-electron chi connectivity index (χ2n) is 8.33.